The molecule has 15 heavy (non-hydrogen) atoms. The fraction of sp³-hybridized carbons (Fsp3) is 0.750. The molecule has 3 N–H and O–H groups in total. The van der Waals surface area contributed by atoms with Crippen LogP contribution in [0.2, 0.25) is 0 Å². The van der Waals surface area contributed by atoms with Gasteiger partial charge in [-0.05, 0) is 31.6 Å². The summed E-state index contributed by atoms with van der Waals surface area (Å²) in [6.07, 6.45) is 7.11. The number of imidazole rings is 1. The highest BCUT2D eigenvalue weighted by molar-refractivity contribution is 5.07. The molecule has 0 aromatic carbocycles. The Hall–Kier alpha value is -0.830. The van der Waals surface area contributed by atoms with Gasteiger partial charge in [0, 0.05) is 12.2 Å². The number of rotatable bonds is 2. The van der Waals surface area contributed by atoms with Crippen LogP contribution in [0.4, 0.5) is 0 Å². The van der Waals surface area contributed by atoms with Gasteiger partial charge in [-0.15, -0.1) is 0 Å². The zero-order valence-electron chi connectivity index (χ0n) is 9.66. The number of nitrogens with two attached hydrogens (primary N) is 1. The summed E-state index contributed by atoms with van der Waals surface area (Å²) in [4.78, 5) is 7.47. The largest absolute Gasteiger partial charge is 0.345 e. The van der Waals surface area contributed by atoms with Gasteiger partial charge in [0.1, 0.15) is 5.82 Å². The maximum atomic E-state index is 6.27. The monoisotopic (exact) mass is 207 g/mol. The fourth-order valence-corrected chi connectivity index (χ4v) is 2.67. The first kappa shape index (κ1) is 10.7. The zero-order valence-corrected chi connectivity index (χ0v) is 9.66. The van der Waals surface area contributed by atoms with Crippen LogP contribution in [0.1, 0.15) is 50.2 Å². The number of aromatic nitrogens is 2. The van der Waals surface area contributed by atoms with Gasteiger partial charge in [-0.3, -0.25) is 0 Å². The third-order valence-corrected chi connectivity index (χ3v) is 3.57. The van der Waals surface area contributed by atoms with E-state index in [1.165, 1.54) is 25.7 Å². The van der Waals surface area contributed by atoms with Crippen LogP contribution in [0.25, 0.3) is 0 Å². The highest BCUT2D eigenvalue weighted by Gasteiger charge is 2.26. The van der Waals surface area contributed by atoms with Gasteiger partial charge in [0.25, 0.3) is 0 Å². The lowest BCUT2D eigenvalue weighted by atomic mass is 9.78. The van der Waals surface area contributed by atoms with Gasteiger partial charge in [-0.2, -0.15) is 0 Å². The molecule has 0 aliphatic heterocycles. The van der Waals surface area contributed by atoms with E-state index in [2.05, 4.69) is 16.9 Å². The topological polar surface area (TPSA) is 54.7 Å². The van der Waals surface area contributed by atoms with Crippen molar-refractivity contribution < 1.29 is 0 Å². The Labute approximate surface area is 91.5 Å². The molecule has 0 radical (unpaired) electrons. The highest BCUT2D eigenvalue weighted by atomic mass is 14.9. The van der Waals surface area contributed by atoms with E-state index >= 15 is 0 Å². The van der Waals surface area contributed by atoms with Crippen LogP contribution in [0.15, 0.2) is 6.20 Å². The lowest BCUT2D eigenvalue weighted by Gasteiger charge is -2.30. The molecular formula is C12H21N3. The number of hydrogen-bond acceptors (Lipinski definition) is 2. The van der Waals surface area contributed by atoms with Crippen LogP contribution < -0.4 is 5.73 Å². The molecule has 0 bridgehead atoms. The number of H-pyrrole nitrogens is 1. The Morgan fingerprint density at radius 2 is 2.33 bits per heavy atom. The standard InChI is InChI=1S/C12H21N3/c1-8-4-3-5-10(6-8)12(13)11-7-14-9(2)15-11/h7-8,10,12H,3-6,13H2,1-2H3,(H,14,15)/t8?,10-,12?/m0/s1. The molecule has 1 fully saturated rings. The Morgan fingerprint density at radius 3 is 2.93 bits per heavy atom. The number of aryl methyl sites for hydroxylation is 1. The number of hydrogen-bond donors (Lipinski definition) is 2. The van der Waals surface area contributed by atoms with Gasteiger partial charge in [-0.1, -0.05) is 19.8 Å². The molecule has 1 aliphatic carbocycles. The van der Waals surface area contributed by atoms with E-state index in [9.17, 15) is 0 Å². The molecule has 84 valence electrons. The summed E-state index contributed by atoms with van der Waals surface area (Å²) in [5.74, 6) is 2.43. The van der Waals surface area contributed by atoms with Crippen LogP contribution in [0.5, 0.6) is 0 Å². The Bertz CT molecular complexity index is 318. The molecule has 1 heterocycles. The van der Waals surface area contributed by atoms with Gasteiger partial charge < -0.3 is 10.7 Å². The summed E-state index contributed by atoms with van der Waals surface area (Å²) in [7, 11) is 0. The lowest BCUT2D eigenvalue weighted by Crippen LogP contribution is -2.26. The van der Waals surface area contributed by atoms with Gasteiger partial charge in [0.2, 0.25) is 0 Å². The maximum Gasteiger partial charge on any atom is 0.103 e. The molecule has 2 unspecified atom stereocenters. The van der Waals surface area contributed by atoms with Crippen LogP contribution >= 0.6 is 0 Å². The van der Waals surface area contributed by atoms with E-state index in [-0.39, 0.29) is 6.04 Å². The van der Waals surface area contributed by atoms with E-state index in [1.54, 1.807) is 0 Å². The normalized spacial score (nSPS) is 29.0. The van der Waals surface area contributed by atoms with Crippen LogP contribution in [0, 0.1) is 18.8 Å². The van der Waals surface area contributed by atoms with Crippen molar-refractivity contribution in [3.05, 3.63) is 17.7 Å². The van der Waals surface area contributed by atoms with Gasteiger partial charge in [0.15, 0.2) is 0 Å². The third-order valence-electron chi connectivity index (χ3n) is 3.57. The minimum Gasteiger partial charge on any atom is -0.345 e. The summed E-state index contributed by atoms with van der Waals surface area (Å²) in [5.41, 5.74) is 7.38. The van der Waals surface area contributed by atoms with Crippen LogP contribution in [0.3, 0.4) is 0 Å². The number of nitrogens with one attached hydrogen (secondary N) is 1. The molecule has 1 saturated carbocycles. The summed E-state index contributed by atoms with van der Waals surface area (Å²) in [6.45, 7) is 4.30. The number of nitrogens with zero attached hydrogens (tertiary/aromatic N) is 1. The maximum absolute atomic E-state index is 6.27. The average molecular weight is 207 g/mol. The van der Waals surface area contributed by atoms with Crippen molar-refractivity contribution in [2.24, 2.45) is 17.6 Å². The summed E-state index contributed by atoms with van der Waals surface area (Å²) < 4.78 is 0. The van der Waals surface area contributed by atoms with Crippen molar-refractivity contribution >= 4 is 0 Å². The summed E-state index contributed by atoms with van der Waals surface area (Å²) in [6, 6.07) is 0.147. The van der Waals surface area contributed by atoms with Crippen molar-refractivity contribution in [2.45, 2.75) is 45.6 Å². The van der Waals surface area contributed by atoms with E-state index in [0.29, 0.717) is 5.92 Å². The smallest absolute Gasteiger partial charge is 0.103 e. The molecule has 1 aliphatic rings. The highest BCUT2D eigenvalue weighted by Crippen LogP contribution is 2.35. The van der Waals surface area contributed by atoms with Crippen molar-refractivity contribution in [3.8, 4) is 0 Å². The predicted molar refractivity (Wildman–Crippen MR) is 61.4 cm³/mol. The van der Waals surface area contributed by atoms with Gasteiger partial charge >= 0.3 is 0 Å². The van der Waals surface area contributed by atoms with E-state index in [1.807, 2.05) is 13.1 Å². The van der Waals surface area contributed by atoms with E-state index < -0.39 is 0 Å². The van der Waals surface area contributed by atoms with Crippen molar-refractivity contribution in [2.75, 3.05) is 0 Å². The second-order valence-electron chi connectivity index (χ2n) is 4.98. The third kappa shape index (κ3) is 2.40. The van der Waals surface area contributed by atoms with E-state index in [4.69, 9.17) is 5.73 Å². The second kappa shape index (κ2) is 4.35. The molecule has 3 nitrogen and oxygen atoms in total. The molecule has 2 rings (SSSR count). The zero-order chi connectivity index (χ0) is 10.8. The summed E-state index contributed by atoms with van der Waals surface area (Å²) in [5, 5.41) is 0. The van der Waals surface area contributed by atoms with Crippen molar-refractivity contribution in [1.29, 1.82) is 0 Å². The lowest BCUT2D eigenvalue weighted by molar-refractivity contribution is 0.246. The first-order valence-electron chi connectivity index (χ1n) is 5.94. The SMILES string of the molecule is Cc1ncc(C(N)[C@H]2CCCC(C)C2)[nH]1. The first-order valence-corrected chi connectivity index (χ1v) is 5.94. The van der Waals surface area contributed by atoms with Crippen molar-refractivity contribution in [1.82, 2.24) is 9.97 Å². The average Bonchev–Trinajstić information content (AvgIpc) is 2.64. The fourth-order valence-electron chi connectivity index (χ4n) is 2.67. The van der Waals surface area contributed by atoms with E-state index in [0.717, 1.165) is 17.4 Å². The molecule has 0 saturated heterocycles. The second-order valence-corrected chi connectivity index (χ2v) is 4.98. The van der Waals surface area contributed by atoms with Gasteiger partial charge in [-0.25, -0.2) is 4.98 Å². The predicted octanol–water partition coefficient (Wildman–Crippen LogP) is 2.54. The Balaban J connectivity index is 2.03. The molecule has 3 atom stereocenters. The quantitative estimate of drug-likeness (QED) is 0.783. The molecule has 0 spiro atoms. The van der Waals surface area contributed by atoms with Gasteiger partial charge in [0.05, 0.1) is 5.69 Å². The molecule has 1 aromatic heterocycles. The van der Waals surface area contributed by atoms with Crippen LogP contribution in [-0.2, 0) is 0 Å². The molecule has 1 aromatic rings. The Morgan fingerprint density at radius 1 is 1.53 bits per heavy atom. The summed E-state index contributed by atoms with van der Waals surface area (Å²) >= 11 is 0. The molecular weight excluding hydrogens is 186 g/mol. The van der Waals surface area contributed by atoms with Crippen molar-refractivity contribution in [3.63, 3.8) is 0 Å². The number of aromatic amines is 1. The minimum absolute atomic E-state index is 0.147. The molecule has 3 heteroatoms. The molecule has 0 amide bonds. The minimum atomic E-state index is 0.147. The first-order chi connectivity index (χ1) is 7.16. The Kier molecular flexibility index (Phi) is 3.10. The van der Waals surface area contributed by atoms with Crippen LogP contribution in [-0.4, -0.2) is 9.97 Å².